The Morgan fingerprint density at radius 1 is 1.53 bits per heavy atom. The van der Waals surface area contributed by atoms with Crippen LogP contribution in [0.15, 0.2) is 18.2 Å². The van der Waals surface area contributed by atoms with Crippen LogP contribution in [0.3, 0.4) is 0 Å². The molecule has 2 N–H and O–H groups in total. The molecule has 19 heavy (non-hydrogen) atoms. The molecule has 1 aromatic carbocycles. The van der Waals surface area contributed by atoms with Crippen molar-refractivity contribution in [1.29, 1.82) is 0 Å². The molecule has 4 heteroatoms. The molecule has 2 unspecified atom stereocenters. The lowest BCUT2D eigenvalue weighted by molar-refractivity contribution is 0.0821. The van der Waals surface area contributed by atoms with Crippen molar-refractivity contribution in [3.8, 4) is 0 Å². The van der Waals surface area contributed by atoms with Gasteiger partial charge in [0.15, 0.2) is 0 Å². The van der Waals surface area contributed by atoms with Gasteiger partial charge in [-0.15, -0.1) is 0 Å². The van der Waals surface area contributed by atoms with E-state index >= 15 is 0 Å². The number of ether oxygens (including phenoxy) is 1. The van der Waals surface area contributed by atoms with E-state index in [-0.39, 0.29) is 12.1 Å². The average molecular weight is 283 g/mol. The van der Waals surface area contributed by atoms with E-state index < -0.39 is 0 Å². The lowest BCUT2D eigenvalue weighted by Crippen LogP contribution is -2.31. The average Bonchev–Trinajstić information content (AvgIpc) is 2.55. The second kappa shape index (κ2) is 6.60. The Morgan fingerprint density at radius 2 is 2.32 bits per heavy atom. The van der Waals surface area contributed by atoms with Gasteiger partial charge in [-0.05, 0) is 44.4 Å². The maximum Gasteiger partial charge on any atom is 0.0721 e. The maximum atomic E-state index is 6.16. The van der Waals surface area contributed by atoms with Crippen molar-refractivity contribution in [2.75, 3.05) is 24.6 Å². The van der Waals surface area contributed by atoms with Crippen LogP contribution in [0, 0.1) is 0 Å². The van der Waals surface area contributed by atoms with Crippen molar-refractivity contribution in [2.24, 2.45) is 5.73 Å². The van der Waals surface area contributed by atoms with Gasteiger partial charge in [-0.25, -0.2) is 0 Å². The van der Waals surface area contributed by atoms with E-state index in [0.29, 0.717) is 0 Å². The summed E-state index contributed by atoms with van der Waals surface area (Å²) in [5.74, 6) is 0. The van der Waals surface area contributed by atoms with Gasteiger partial charge in [-0.2, -0.15) is 0 Å². The summed E-state index contributed by atoms with van der Waals surface area (Å²) in [6.45, 7) is 6.91. The quantitative estimate of drug-likeness (QED) is 0.926. The van der Waals surface area contributed by atoms with Gasteiger partial charge in [0.2, 0.25) is 0 Å². The molecule has 0 aromatic heterocycles. The largest absolute Gasteiger partial charge is 0.377 e. The molecule has 3 nitrogen and oxygen atoms in total. The molecule has 0 aliphatic carbocycles. The van der Waals surface area contributed by atoms with Crippen molar-refractivity contribution in [2.45, 2.75) is 38.8 Å². The molecular formula is C15H23ClN2O. The smallest absolute Gasteiger partial charge is 0.0721 e. The van der Waals surface area contributed by atoms with Gasteiger partial charge in [0.05, 0.1) is 6.10 Å². The van der Waals surface area contributed by atoms with Crippen LogP contribution in [-0.4, -0.2) is 31.8 Å². The predicted octanol–water partition coefficient (Wildman–Crippen LogP) is 2.84. The predicted molar refractivity (Wildman–Crippen MR) is 81.0 cm³/mol. The van der Waals surface area contributed by atoms with Gasteiger partial charge in [0, 0.05) is 36.4 Å². The number of nitrogens with two attached hydrogens (primary N) is 1. The van der Waals surface area contributed by atoms with Crippen LogP contribution in [0.2, 0.25) is 5.02 Å². The minimum atomic E-state index is 0.153. The molecule has 1 aliphatic rings. The summed E-state index contributed by atoms with van der Waals surface area (Å²) >= 11 is 6.16. The van der Waals surface area contributed by atoms with E-state index in [9.17, 15) is 0 Å². The summed E-state index contributed by atoms with van der Waals surface area (Å²) in [5, 5.41) is 0.779. The molecule has 1 aliphatic heterocycles. The van der Waals surface area contributed by atoms with Crippen molar-refractivity contribution in [3.05, 3.63) is 28.8 Å². The van der Waals surface area contributed by atoms with Crippen molar-refractivity contribution >= 4 is 17.3 Å². The highest BCUT2D eigenvalue weighted by atomic mass is 35.5. The summed E-state index contributed by atoms with van der Waals surface area (Å²) in [6, 6.07) is 6.25. The van der Waals surface area contributed by atoms with Gasteiger partial charge in [-0.1, -0.05) is 17.7 Å². The number of hydrogen-bond acceptors (Lipinski definition) is 3. The lowest BCUT2D eigenvalue weighted by Gasteiger charge is -2.27. The summed E-state index contributed by atoms with van der Waals surface area (Å²) in [4.78, 5) is 2.38. The number of anilines is 1. The number of hydrogen-bond donors (Lipinski definition) is 1. The van der Waals surface area contributed by atoms with Crippen LogP contribution in [0.25, 0.3) is 0 Å². The topological polar surface area (TPSA) is 38.5 Å². The molecule has 0 spiro atoms. The standard InChI is InChI=1S/C15H23ClN2O/c1-11(17)8-13-4-5-14(16)9-15(13)18-6-3-7-19-12(2)10-18/h4-5,9,11-12H,3,6-8,10,17H2,1-2H3. The van der Waals surface area contributed by atoms with Gasteiger partial charge >= 0.3 is 0 Å². The van der Waals surface area contributed by atoms with Crippen LogP contribution < -0.4 is 10.6 Å². The molecule has 1 saturated heterocycles. The van der Waals surface area contributed by atoms with Gasteiger partial charge in [0.1, 0.15) is 0 Å². The normalized spacial score (nSPS) is 22.1. The molecule has 0 radical (unpaired) electrons. The fourth-order valence-corrected chi connectivity index (χ4v) is 2.73. The van der Waals surface area contributed by atoms with Crippen LogP contribution in [0.5, 0.6) is 0 Å². The second-order valence-electron chi connectivity index (χ2n) is 5.44. The minimum absolute atomic E-state index is 0.153. The van der Waals surface area contributed by atoms with E-state index in [4.69, 9.17) is 22.1 Å². The first-order valence-electron chi connectivity index (χ1n) is 6.97. The molecule has 0 bridgehead atoms. The summed E-state index contributed by atoms with van der Waals surface area (Å²) < 4.78 is 5.71. The molecule has 0 saturated carbocycles. The first kappa shape index (κ1) is 14.6. The van der Waals surface area contributed by atoms with Gasteiger partial charge in [-0.3, -0.25) is 0 Å². The number of nitrogens with zero attached hydrogens (tertiary/aromatic N) is 1. The second-order valence-corrected chi connectivity index (χ2v) is 5.87. The molecular weight excluding hydrogens is 260 g/mol. The van der Waals surface area contributed by atoms with E-state index in [2.05, 4.69) is 24.0 Å². The Kier molecular flexibility index (Phi) is 5.08. The highest BCUT2D eigenvalue weighted by Crippen LogP contribution is 2.27. The lowest BCUT2D eigenvalue weighted by atomic mass is 10.0. The highest BCUT2D eigenvalue weighted by Gasteiger charge is 2.18. The minimum Gasteiger partial charge on any atom is -0.377 e. The summed E-state index contributed by atoms with van der Waals surface area (Å²) in [7, 11) is 0. The van der Waals surface area contributed by atoms with Crippen LogP contribution in [0.1, 0.15) is 25.8 Å². The zero-order valence-corrected chi connectivity index (χ0v) is 12.5. The van der Waals surface area contributed by atoms with Crippen molar-refractivity contribution < 1.29 is 4.74 Å². The Balaban J connectivity index is 2.27. The number of benzene rings is 1. The van der Waals surface area contributed by atoms with Crippen LogP contribution >= 0.6 is 11.6 Å². The van der Waals surface area contributed by atoms with Crippen molar-refractivity contribution in [3.63, 3.8) is 0 Å². The third-order valence-electron chi connectivity index (χ3n) is 3.38. The zero-order valence-electron chi connectivity index (χ0n) is 11.7. The van der Waals surface area contributed by atoms with Gasteiger partial charge in [0.25, 0.3) is 0 Å². The molecule has 0 amide bonds. The number of rotatable bonds is 3. The van der Waals surface area contributed by atoms with E-state index in [0.717, 1.165) is 37.6 Å². The van der Waals surface area contributed by atoms with Crippen molar-refractivity contribution in [1.82, 2.24) is 0 Å². The Morgan fingerprint density at radius 3 is 3.05 bits per heavy atom. The Hall–Kier alpha value is -0.770. The highest BCUT2D eigenvalue weighted by molar-refractivity contribution is 6.30. The summed E-state index contributed by atoms with van der Waals surface area (Å²) in [6.07, 6.45) is 2.18. The third-order valence-corrected chi connectivity index (χ3v) is 3.62. The SMILES string of the molecule is CC(N)Cc1ccc(Cl)cc1N1CCCOC(C)C1. The van der Waals surface area contributed by atoms with Crippen LogP contribution in [-0.2, 0) is 11.2 Å². The first-order chi connectivity index (χ1) is 9.06. The van der Waals surface area contributed by atoms with Crippen LogP contribution in [0.4, 0.5) is 5.69 Å². The molecule has 1 fully saturated rings. The molecule has 2 atom stereocenters. The fourth-order valence-electron chi connectivity index (χ4n) is 2.56. The van der Waals surface area contributed by atoms with E-state index in [1.807, 2.05) is 13.0 Å². The number of halogens is 1. The molecule has 2 rings (SSSR count). The van der Waals surface area contributed by atoms with E-state index in [1.165, 1.54) is 11.3 Å². The maximum absolute atomic E-state index is 6.16. The third kappa shape index (κ3) is 4.10. The zero-order chi connectivity index (χ0) is 13.8. The molecule has 106 valence electrons. The van der Waals surface area contributed by atoms with Gasteiger partial charge < -0.3 is 15.4 Å². The van der Waals surface area contributed by atoms with E-state index in [1.54, 1.807) is 0 Å². The Bertz CT molecular complexity index is 423. The Labute approximate surface area is 120 Å². The fraction of sp³-hybridized carbons (Fsp3) is 0.600. The molecule has 1 heterocycles. The molecule has 1 aromatic rings. The monoisotopic (exact) mass is 282 g/mol. The first-order valence-corrected chi connectivity index (χ1v) is 7.34. The summed E-state index contributed by atoms with van der Waals surface area (Å²) in [5.41, 5.74) is 8.42.